The highest BCUT2D eigenvalue weighted by Crippen LogP contribution is 2.26. The van der Waals surface area contributed by atoms with Crippen LogP contribution in [0.5, 0.6) is 0 Å². The van der Waals surface area contributed by atoms with Crippen LogP contribution in [-0.4, -0.2) is 37.7 Å². The normalized spacial score (nSPS) is 11.6. The number of benzene rings is 1. The molecule has 0 unspecified atom stereocenters. The van der Waals surface area contributed by atoms with Crippen molar-refractivity contribution in [2.24, 2.45) is 0 Å². The first-order valence-electron chi connectivity index (χ1n) is 7.20. The average Bonchev–Trinajstić information content (AvgIpc) is 3.26. The van der Waals surface area contributed by atoms with E-state index in [2.05, 4.69) is 10.3 Å². The van der Waals surface area contributed by atoms with Crippen LogP contribution in [0, 0.1) is 0 Å². The number of nitrogens with zero attached hydrogens (tertiary/aromatic N) is 2. The quantitative estimate of drug-likeness (QED) is 0.721. The Labute approximate surface area is 153 Å². The number of nitrogens with one attached hydrogen (secondary N) is 1. The van der Waals surface area contributed by atoms with Gasteiger partial charge in [0.25, 0.3) is 5.91 Å². The van der Waals surface area contributed by atoms with Gasteiger partial charge in [-0.05, 0) is 29.6 Å². The summed E-state index contributed by atoms with van der Waals surface area (Å²) in [5.74, 6) is -0.378. The lowest BCUT2D eigenvalue weighted by molar-refractivity contribution is 0.102. The molecule has 0 bridgehead atoms. The van der Waals surface area contributed by atoms with E-state index in [-0.39, 0.29) is 10.8 Å². The summed E-state index contributed by atoms with van der Waals surface area (Å²) in [5, 5.41) is 9.07. The molecule has 0 spiro atoms. The number of carbonyl (C=O) groups is 1. The number of hydrogen-bond acceptors (Lipinski definition) is 6. The van der Waals surface area contributed by atoms with Crippen LogP contribution in [-0.2, 0) is 10.0 Å². The maximum atomic E-state index is 12.4. The highest BCUT2D eigenvalue weighted by atomic mass is 32.2. The molecule has 1 amide bonds. The fourth-order valence-electron chi connectivity index (χ4n) is 2.04. The molecule has 0 aliphatic rings. The van der Waals surface area contributed by atoms with Crippen LogP contribution in [0.1, 0.15) is 10.5 Å². The number of hydrogen-bond donors (Lipinski definition) is 1. The molecule has 2 heterocycles. The Balaban J connectivity index is 1.80. The van der Waals surface area contributed by atoms with Crippen molar-refractivity contribution in [2.75, 3.05) is 19.4 Å². The SMILES string of the molecule is CN(C)S(=O)(=O)c1cccc(NC(=O)c2csc(-c3ccsc3)n2)c1. The molecule has 9 heteroatoms. The predicted octanol–water partition coefficient (Wildman–Crippen LogP) is 3.37. The summed E-state index contributed by atoms with van der Waals surface area (Å²) in [4.78, 5) is 16.8. The van der Waals surface area contributed by atoms with E-state index in [1.165, 1.54) is 37.6 Å². The predicted molar refractivity (Wildman–Crippen MR) is 101 cm³/mol. The third kappa shape index (κ3) is 3.79. The van der Waals surface area contributed by atoms with Crippen molar-refractivity contribution in [3.05, 3.63) is 52.2 Å². The average molecular weight is 394 g/mol. The first-order valence-corrected chi connectivity index (χ1v) is 10.5. The zero-order valence-electron chi connectivity index (χ0n) is 13.5. The summed E-state index contributed by atoms with van der Waals surface area (Å²) in [6, 6.07) is 8.09. The molecule has 0 atom stereocenters. The van der Waals surface area contributed by atoms with Gasteiger partial charge in [-0.3, -0.25) is 4.79 Å². The van der Waals surface area contributed by atoms with Gasteiger partial charge in [-0.15, -0.1) is 11.3 Å². The van der Waals surface area contributed by atoms with E-state index in [1.807, 2.05) is 16.8 Å². The number of amides is 1. The van der Waals surface area contributed by atoms with Crippen LogP contribution in [0.15, 0.2) is 51.4 Å². The molecule has 6 nitrogen and oxygen atoms in total. The lowest BCUT2D eigenvalue weighted by Crippen LogP contribution is -2.22. The molecular weight excluding hydrogens is 378 g/mol. The van der Waals surface area contributed by atoms with Gasteiger partial charge >= 0.3 is 0 Å². The van der Waals surface area contributed by atoms with E-state index in [9.17, 15) is 13.2 Å². The van der Waals surface area contributed by atoms with Gasteiger partial charge in [0.1, 0.15) is 10.7 Å². The van der Waals surface area contributed by atoms with Gasteiger partial charge in [0.15, 0.2) is 0 Å². The lowest BCUT2D eigenvalue weighted by atomic mass is 10.3. The Kier molecular flexibility index (Phi) is 5.00. The van der Waals surface area contributed by atoms with E-state index in [0.29, 0.717) is 11.4 Å². The summed E-state index contributed by atoms with van der Waals surface area (Å²) in [7, 11) is -0.635. The van der Waals surface area contributed by atoms with Crippen molar-refractivity contribution in [3.8, 4) is 10.6 Å². The molecule has 2 aromatic heterocycles. The van der Waals surface area contributed by atoms with Crippen LogP contribution >= 0.6 is 22.7 Å². The van der Waals surface area contributed by atoms with Crippen LogP contribution in [0.3, 0.4) is 0 Å². The van der Waals surface area contributed by atoms with Crippen LogP contribution < -0.4 is 5.32 Å². The second kappa shape index (κ2) is 7.04. The van der Waals surface area contributed by atoms with Gasteiger partial charge in [-0.1, -0.05) is 6.07 Å². The molecule has 0 fully saturated rings. The Bertz CT molecular complexity index is 993. The molecule has 3 aromatic rings. The highest BCUT2D eigenvalue weighted by molar-refractivity contribution is 7.89. The Hall–Kier alpha value is -2.07. The molecule has 0 aliphatic carbocycles. The van der Waals surface area contributed by atoms with Gasteiger partial charge in [-0.25, -0.2) is 17.7 Å². The molecule has 1 aromatic carbocycles. The number of thiazole rings is 1. The zero-order chi connectivity index (χ0) is 18.0. The van der Waals surface area contributed by atoms with Crippen molar-refractivity contribution < 1.29 is 13.2 Å². The maximum absolute atomic E-state index is 12.4. The van der Waals surface area contributed by atoms with Crippen molar-refractivity contribution in [1.29, 1.82) is 0 Å². The monoisotopic (exact) mass is 393 g/mol. The summed E-state index contributed by atoms with van der Waals surface area (Å²) in [6.45, 7) is 0. The molecule has 0 radical (unpaired) electrons. The van der Waals surface area contributed by atoms with Crippen molar-refractivity contribution in [2.45, 2.75) is 4.90 Å². The smallest absolute Gasteiger partial charge is 0.275 e. The number of aromatic nitrogens is 1. The minimum atomic E-state index is -3.56. The van der Waals surface area contributed by atoms with Crippen molar-refractivity contribution >= 4 is 44.3 Å². The molecule has 3 rings (SSSR count). The van der Waals surface area contributed by atoms with Crippen molar-refractivity contribution in [1.82, 2.24) is 9.29 Å². The minimum absolute atomic E-state index is 0.118. The number of sulfonamides is 1. The zero-order valence-corrected chi connectivity index (χ0v) is 15.9. The van der Waals surface area contributed by atoms with Crippen molar-refractivity contribution in [3.63, 3.8) is 0 Å². The van der Waals surface area contributed by atoms with E-state index in [4.69, 9.17) is 0 Å². The molecule has 0 aliphatic heterocycles. The Morgan fingerprint density at radius 1 is 1.20 bits per heavy atom. The van der Waals surface area contributed by atoms with Gasteiger partial charge in [0.05, 0.1) is 4.90 Å². The molecular formula is C16H15N3O3S3. The largest absolute Gasteiger partial charge is 0.321 e. The van der Waals surface area contributed by atoms with Crippen LogP contribution in [0.25, 0.3) is 10.6 Å². The van der Waals surface area contributed by atoms with Gasteiger partial charge in [-0.2, -0.15) is 11.3 Å². The maximum Gasteiger partial charge on any atom is 0.275 e. The number of thiophene rings is 1. The minimum Gasteiger partial charge on any atom is -0.321 e. The number of rotatable bonds is 5. The summed E-state index contributed by atoms with van der Waals surface area (Å²) in [5.41, 5.74) is 1.68. The topological polar surface area (TPSA) is 79.4 Å². The second-order valence-electron chi connectivity index (χ2n) is 5.32. The summed E-state index contributed by atoms with van der Waals surface area (Å²) in [6.07, 6.45) is 0. The summed E-state index contributed by atoms with van der Waals surface area (Å²) < 4.78 is 25.5. The number of carbonyl (C=O) groups excluding carboxylic acids is 1. The second-order valence-corrected chi connectivity index (χ2v) is 9.11. The molecule has 0 saturated heterocycles. The van der Waals surface area contributed by atoms with E-state index in [0.717, 1.165) is 14.9 Å². The lowest BCUT2D eigenvalue weighted by Gasteiger charge is -2.12. The Morgan fingerprint density at radius 3 is 2.68 bits per heavy atom. The molecule has 1 N–H and O–H groups in total. The standard InChI is InChI=1S/C16H15N3O3S3/c1-19(2)25(21,22)13-5-3-4-12(8-13)17-15(20)14-10-24-16(18-14)11-6-7-23-9-11/h3-10H,1-2H3,(H,17,20). The van der Waals surface area contributed by atoms with E-state index >= 15 is 0 Å². The molecule has 0 saturated carbocycles. The Morgan fingerprint density at radius 2 is 2.00 bits per heavy atom. The fraction of sp³-hybridized carbons (Fsp3) is 0.125. The van der Waals surface area contributed by atoms with Gasteiger partial charge < -0.3 is 5.32 Å². The van der Waals surface area contributed by atoms with Crippen LogP contribution in [0.2, 0.25) is 0 Å². The van der Waals surface area contributed by atoms with Gasteiger partial charge in [0, 0.05) is 36.1 Å². The molecule has 130 valence electrons. The van der Waals surface area contributed by atoms with Gasteiger partial charge in [0.2, 0.25) is 10.0 Å². The summed E-state index contributed by atoms with van der Waals surface area (Å²) >= 11 is 2.96. The van der Waals surface area contributed by atoms with E-state index in [1.54, 1.807) is 28.8 Å². The fourth-order valence-corrected chi connectivity index (χ4v) is 4.50. The first kappa shape index (κ1) is 17.7. The first-order chi connectivity index (χ1) is 11.9. The molecule has 25 heavy (non-hydrogen) atoms. The van der Waals surface area contributed by atoms with Crippen LogP contribution in [0.4, 0.5) is 5.69 Å². The third-order valence-electron chi connectivity index (χ3n) is 3.38. The highest BCUT2D eigenvalue weighted by Gasteiger charge is 2.18. The third-order valence-corrected chi connectivity index (χ3v) is 6.76. The number of anilines is 1. The van der Waals surface area contributed by atoms with E-state index < -0.39 is 10.0 Å².